The van der Waals surface area contributed by atoms with Gasteiger partial charge in [0, 0.05) is 0 Å². The third kappa shape index (κ3) is 3.12. The molecule has 0 amide bonds. The molecule has 0 aromatic heterocycles. The highest BCUT2D eigenvalue weighted by Crippen LogP contribution is 1.97. The number of carbonyl (C=O) groups excluding carboxylic acids is 1. The van der Waals surface area contributed by atoms with Crippen LogP contribution in [-0.4, -0.2) is 13.1 Å². The van der Waals surface area contributed by atoms with Gasteiger partial charge in [0.25, 0.3) is 0 Å². The summed E-state index contributed by atoms with van der Waals surface area (Å²) in [6.45, 7) is 3.88. The van der Waals surface area contributed by atoms with Crippen molar-refractivity contribution >= 4 is 5.97 Å². The highest BCUT2D eigenvalue weighted by molar-refractivity contribution is 5.87. The largest absolute Gasteiger partial charge is 0.464 e. The van der Waals surface area contributed by atoms with Crippen molar-refractivity contribution < 1.29 is 9.53 Å². The van der Waals surface area contributed by atoms with E-state index < -0.39 is 5.97 Å². The first-order valence-corrected chi connectivity index (χ1v) is 3.13. The first-order valence-electron chi connectivity index (χ1n) is 3.13. The Morgan fingerprint density at radius 2 is 2.10 bits per heavy atom. The van der Waals surface area contributed by atoms with E-state index in [2.05, 4.69) is 4.74 Å². The second kappa shape index (κ2) is 3.93. The molecule has 0 radical (unpaired) electrons. The summed E-state index contributed by atoms with van der Waals surface area (Å²) in [4.78, 5) is 10.6. The molecule has 0 aliphatic rings. The lowest BCUT2D eigenvalue weighted by Crippen LogP contribution is -2.13. The van der Waals surface area contributed by atoms with Crippen LogP contribution in [0.5, 0.6) is 0 Å². The van der Waals surface area contributed by atoms with Crippen molar-refractivity contribution in [2.75, 3.05) is 7.11 Å². The summed E-state index contributed by atoms with van der Waals surface area (Å²) in [6.07, 6.45) is 1.66. The normalized spacial score (nSPS) is 11.8. The van der Waals surface area contributed by atoms with Gasteiger partial charge in [-0.15, -0.1) is 0 Å². The van der Waals surface area contributed by atoms with Gasteiger partial charge in [0.05, 0.1) is 7.11 Å². The number of methoxy groups -OCH3 is 1. The summed E-state index contributed by atoms with van der Waals surface area (Å²) in [7, 11) is 1.31. The average Bonchev–Trinajstić information content (AvgIpc) is 1.85. The predicted molar refractivity (Wildman–Crippen MR) is 39.1 cm³/mol. The quantitative estimate of drug-likeness (QED) is 0.456. The molecule has 3 heteroatoms. The maximum atomic E-state index is 10.6. The topological polar surface area (TPSA) is 52.3 Å². The molecule has 2 N–H and O–H groups in total. The van der Waals surface area contributed by atoms with Gasteiger partial charge in [-0.3, -0.25) is 0 Å². The molecule has 0 fully saturated rings. The molecule has 10 heavy (non-hydrogen) atoms. The Balaban J connectivity index is 4.05. The van der Waals surface area contributed by atoms with E-state index in [0.29, 0.717) is 0 Å². The molecule has 0 atom stereocenters. The molecular formula is C7H13NO2. The van der Waals surface area contributed by atoms with Gasteiger partial charge in [0.2, 0.25) is 0 Å². The van der Waals surface area contributed by atoms with Crippen LogP contribution in [0.25, 0.3) is 0 Å². The maximum Gasteiger partial charge on any atom is 0.353 e. The predicted octanol–water partition coefficient (Wildman–Crippen LogP) is 0.658. The Labute approximate surface area is 60.9 Å². The Bertz CT molecular complexity index is 150. The monoisotopic (exact) mass is 143 g/mol. The molecule has 0 saturated heterocycles. The summed E-state index contributed by atoms with van der Waals surface area (Å²) in [5, 5.41) is 0. The average molecular weight is 143 g/mol. The zero-order valence-corrected chi connectivity index (χ0v) is 6.55. The molecule has 0 rings (SSSR count). The summed E-state index contributed by atoms with van der Waals surface area (Å²) >= 11 is 0. The van der Waals surface area contributed by atoms with E-state index in [1.165, 1.54) is 7.11 Å². The van der Waals surface area contributed by atoms with Crippen LogP contribution in [0.15, 0.2) is 11.8 Å². The van der Waals surface area contributed by atoms with Crippen molar-refractivity contribution in [3.8, 4) is 0 Å². The molecule has 0 aromatic rings. The molecule has 0 bridgehead atoms. The van der Waals surface area contributed by atoms with Gasteiger partial charge in [0.1, 0.15) is 5.70 Å². The van der Waals surface area contributed by atoms with E-state index in [4.69, 9.17) is 5.73 Å². The number of carbonyl (C=O) groups is 1. The lowest BCUT2D eigenvalue weighted by Gasteiger charge is -1.99. The summed E-state index contributed by atoms with van der Waals surface area (Å²) in [5.74, 6) is -0.187. The second-order valence-electron chi connectivity index (χ2n) is 2.36. The molecule has 0 heterocycles. The van der Waals surface area contributed by atoms with Crippen LogP contribution < -0.4 is 5.73 Å². The first-order chi connectivity index (χ1) is 4.57. The molecule has 0 spiro atoms. The minimum Gasteiger partial charge on any atom is -0.464 e. The minimum absolute atomic E-state index is 0.178. The standard InChI is InChI=1S/C7H13NO2/c1-5(2)4-6(8)7(9)10-3/h4-5H,8H2,1-3H3. The minimum atomic E-state index is -0.464. The maximum absolute atomic E-state index is 10.6. The van der Waals surface area contributed by atoms with Crippen molar-refractivity contribution in [3.05, 3.63) is 11.8 Å². The number of ether oxygens (including phenoxy) is 1. The molecule has 0 aliphatic heterocycles. The summed E-state index contributed by atoms with van der Waals surface area (Å²) in [5.41, 5.74) is 5.49. The summed E-state index contributed by atoms with van der Waals surface area (Å²) in [6, 6.07) is 0. The Morgan fingerprint density at radius 1 is 1.60 bits per heavy atom. The van der Waals surface area contributed by atoms with Gasteiger partial charge in [-0.2, -0.15) is 0 Å². The van der Waals surface area contributed by atoms with E-state index in [9.17, 15) is 4.79 Å². The molecule has 0 saturated carbocycles. The van der Waals surface area contributed by atoms with E-state index >= 15 is 0 Å². The van der Waals surface area contributed by atoms with Crippen LogP contribution in [0.2, 0.25) is 0 Å². The highest BCUT2D eigenvalue weighted by atomic mass is 16.5. The van der Waals surface area contributed by atoms with E-state index in [1.54, 1.807) is 6.08 Å². The summed E-state index contributed by atoms with van der Waals surface area (Å²) < 4.78 is 4.38. The van der Waals surface area contributed by atoms with Crippen molar-refractivity contribution in [2.24, 2.45) is 11.7 Å². The lowest BCUT2D eigenvalue weighted by molar-refractivity contribution is -0.136. The van der Waals surface area contributed by atoms with Gasteiger partial charge in [-0.05, 0) is 5.92 Å². The number of nitrogens with two attached hydrogens (primary N) is 1. The Hall–Kier alpha value is -0.990. The number of hydrogen-bond acceptors (Lipinski definition) is 3. The van der Waals surface area contributed by atoms with E-state index in [-0.39, 0.29) is 11.6 Å². The van der Waals surface area contributed by atoms with Gasteiger partial charge in [-0.25, -0.2) is 4.79 Å². The fourth-order valence-electron chi connectivity index (χ4n) is 0.545. The second-order valence-corrected chi connectivity index (χ2v) is 2.36. The smallest absolute Gasteiger partial charge is 0.353 e. The van der Waals surface area contributed by atoms with Gasteiger partial charge in [-0.1, -0.05) is 19.9 Å². The molecule has 0 unspecified atom stereocenters. The number of allylic oxidation sites excluding steroid dienone is 1. The number of esters is 1. The van der Waals surface area contributed by atoms with Gasteiger partial charge in [0.15, 0.2) is 0 Å². The fraction of sp³-hybridized carbons (Fsp3) is 0.571. The van der Waals surface area contributed by atoms with Crippen LogP contribution in [-0.2, 0) is 9.53 Å². The molecule has 58 valence electrons. The van der Waals surface area contributed by atoms with Gasteiger partial charge >= 0.3 is 5.97 Å². The zero-order chi connectivity index (χ0) is 8.15. The van der Waals surface area contributed by atoms with Crippen LogP contribution >= 0.6 is 0 Å². The Kier molecular flexibility index (Phi) is 3.54. The molecule has 0 aliphatic carbocycles. The SMILES string of the molecule is COC(=O)C(N)=CC(C)C. The fourth-order valence-corrected chi connectivity index (χ4v) is 0.545. The van der Waals surface area contributed by atoms with Crippen LogP contribution in [0.4, 0.5) is 0 Å². The van der Waals surface area contributed by atoms with Crippen LogP contribution in [0.3, 0.4) is 0 Å². The van der Waals surface area contributed by atoms with Crippen molar-refractivity contribution in [2.45, 2.75) is 13.8 Å². The first kappa shape index (κ1) is 9.01. The number of hydrogen-bond donors (Lipinski definition) is 1. The third-order valence-electron chi connectivity index (χ3n) is 0.934. The van der Waals surface area contributed by atoms with Gasteiger partial charge < -0.3 is 10.5 Å². The highest BCUT2D eigenvalue weighted by Gasteiger charge is 2.03. The van der Waals surface area contributed by atoms with E-state index in [0.717, 1.165) is 0 Å². The van der Waals surface area contributed by atoms with Crippen LogP contribution in [0.1, 0.15) is 13.8 Å². The Morgan fingerprint density at radius 3 is 2.40 bits per heavy atom. The number of rotatable bonds is 2. The van der Waals surface area contributed by atoms with Crippen molar-refractivity contribution in [1.29, 1.82) is 0 Å². The molecule has 3 nitrogen and oxygen atoms in total. The van der Waals surface area contributed by atoms with Crippen LogP contribution in [0, 0.1) is 5.92 Å². The lowest BCUT2D eigenvalue weighted by atomic mass is 10.2. The van der Waals surface area contributed by atoms with Crippen molar-refractivity contribution in [1.82, 2.24) is 0 Å². The zero-order valence-electron chi connectivity index (χ0n) is 6.55. The third-order valence-corrected chi connectivity index (χ3v) is 0.934. The van der Waals surface area contributed by atoms with E-state index in [1.807, 2.05) is 13.8 Å². The molecule has 0 aromatic carbocycles. The molecular weight excluding hydrogens is 130 g/mol. The van der Waals surface area contributed by atoms with Crippen molar-refractivity contribution in [3.63, 3.8) is 0 Å².